The zero-order valence-corrected chi connectivity index (χ0v) is 9.13. The summed E-state index contributed by atoms with van der Waals surface area (Å²) in [5.41, 5.74) is 5.19. The fourth-order valence-corrected chi connectivity index (χ4v) is 1.06. The average Bonchev–Trinajstić information content (AvgIpc) is 2.75. The number of nitrogens with zero attached hydrogens (tertiary/aromatic N) is 2. The number of ether oxygens (including phenoxy) is 1. The first-order chi connectivity index (χ1) is 8.13. The fraction of sp³-hybridized carbons (Fsp3) is 0.444. The molecule has 0 atom stereocenters. The molecule has 0 radical (unpaired) electrons. The van der Waals surface area contributed by atoms with Crippen LogP contribution in [0.3, 0.4) is 0 Å². The topological polar surface area (TPSA) is 119 Å². The highest BCUT2D eigenvalue weighted by atomic mass is 16.5. The van der Waals surface area contributed by atoms with Crippen molar-refractivity contribution in [2.24, 2.45) is 5.73 Å². The molecule has 4 N–H and O–H groups in total. The van der Waals surface area contributed by atoms with E-state index >= 15 is 0 Å². The van der Waals surface area contributed by atoms with E-state index in [9.17, 15) is 9.59 Å². The molecule has 0 unspecified atom stereocenters. The highest BCUT2D eigenvalue weighted by Gasteiger charge is 2.05. The number of aromatic nitrogens is 2. The summed E-state index contributed by atoms with van der Waals surface area (Å²) in [6.45, 7) is 0.430. The summed E-state index contributed by atoms with van der Waals surface area (Å²) in [5, 5.41) is 14.6. The van der Waals surface area contributed by atoms with E-state index < -0.39 is 12.0 Å². The summed E-state index contributed by atoms with van der Waals surface area (Å²) in [7, 11) is 0. The first-order valence-corrected chi connectivity index (χ1v) is 4.98. The molecular weight excluding hydrogens is 228 g/mol. The molecule has 1 heterocycles. The predicted molar refractivity (Wildman–Crippen MR) is 57.2 cm³/mol. The standard InChI is InChI=1S/C9H14N4O4/c10-8(15)7-1-3-13(12-7)4-6-17-9(16)11-2-5-14/h1,3,14H,2,4-6H2,(H2,10,15)(H,11,16). The number of alkyl carbamates (subject to hydrolysis) is 1. The molecular formula is C9H14N4O4. The fourth-order valence-electron chi connectivity index (χ4n) is 1.06. The maximum Gasteiger partial charge on any atom is 0.407 e. The van der Waals surface area contributed by atoms with Crippen LogP contribution >= 0.6 is 0 Å². The molecule has 0 aliphatic rings. The lowest BCUT2D eigenvalue weighted by molar-refractivity contribution is 0.0993. The van der Waals surface area contributed by atoms with Crippen LogP contribution in [0.5, 0.6) is 0 Å². The van der Waals surface area contributed by atoms with E-state index in [0.717, 1.165) is 0 Å². The molecule has 8 heteroatoms. The van der Waals surface area contributed by atoms with Gasteiger partial charge in [-0.05, 0) is 6.07 Å². The lowest BCUT2D eigenvalue weighted by atomic mass is 10.4. The van der Waals surface area contributed by atoms with E-state index in [2.05, 4.69) is 10.4 Å². The van der Waals surface area contributed by atoms with Crippen LogP contribution in [0.25, 0.3) is 0 Å². The van der Waals surface area contributed by atoms with Crippen LogP contribution in [0.2, 0.25) is 0 Å². The maximum atomic E-state index is 11.0. The van der Waals surface area contributed by atoms with E-state index in [1.54, 1.807) is 6.20 Å². The van der Waals surface area contributed by atoms with Gasteiger partial charge in [-0.2, -0.15) is 5.10 Å². The Morgan fingerprint density at radius 3 is 2.94 bits per heavy atom. The van der Waals surface area contributed by atoms with Gasteiger partial charge in [-0.1, -0.05) is 0 Å². The maximum absolute atomic E-state index is 11.0. The van der Waals surface area contributed by atoms with E-state index in [-0.39, 0.29) is 25.5 Å². The first kappa shape index (κ1) is 13.0. The molecule has 0 bridgehead atoms. The molecule has 0 aliphatic carbocycles. The van der Waals surface area contributed by atoms with E-state index in [4.69, 9.17) is 15.6 Å². The van der Waals surface area contributed by atoms with Gasteiger partial charge in [0.2, 0.25) is 0 Å². The number of carbonyl (C=O) groups is 2. The van der Waals surface area contributed by atoms with Gasteiger partial charge in [-0.15, -0.1) is 0 Å². The Balaban J connectivity index is 2.26. The van der Waals surface area contributed by atoms with Crippen LogP contribution < -0.4 is 11.1 Å². The number of hydrogen-bond donors (Lipinski definition) is 3. The number of carbonyl (C=O) groups excluding carboxylic acids is 2. The monoisotopic (exact) mass is 242 g/mol. The van der Waals surface area contributed by atoms with Gasteiger partial charge < -0.3 is 20.9 Å². The molecule has 2 amide bonds. The minimum atomic E-state index is -0.610. The molecule has 0 fully saturated rings. The Morgan fingerprint density at radius 1 is 1.59 bits per heavy atom. The van der Waals surface area contributed by atoms with Crippen LogP contribution in [0, 0.1) is 0 Å². The van der Waals surface area contributed by atoms with Crippen molar-refractivity contribution in [2.75, 3.05) is 19.8 Å². The number of aliphatic hydroxyl groups excluding tert-OH is 1. The Hall–Kier alpha value is -2.09. The summed E-state index contributed by atoms with van der Waals surface area (Å²) in [4.78, 5) is 21.7. The predicted octanol–water partition coefficient (Wildman–Crippen LogP) is -1.30. The van der Waals surface area contributed by atoms with Crippen molar-refractivity contribution in [3.05, 3.63) is 18.0 Å². The van der Waals surface area contributed by atoms with Crippen LogP contribution in [0.4, 0.5) is 4.79 Å². The van der Waals surface area contributed by atoms with Gasteiger partial charge in [0.05, 0.1) is 13.2 Å². The molecule has 0 aromatic carbocycles. The second kappa shape index (κ2) is 6.48. The van der Waals surface area contributed by atoms with E-state index in [0.29, 0.717) is 6.54 Å². The van der Waals surface area contributed by atoms with Crippen molar-refractivity contribution in [2.45, 2.75) is 6.54 Å². The minimum absolute atomic E-state index is 0.108. The molecule has 0 saturated carbocycles. The number of hydrogen-bond acceptors (Lipinski definition) is 5. The van der Waals surface area contributed by atoms with E-state index in [1.165, 1.54) is 10.7 Å². The van der Waals surface area contributed by atoms with Crippen LogP contribution in [0.1, 0.15) is 10.5 Å². The molecule has 0 aliphatic heterocycles. The number of rotatable bonds is 6. The van der Waals surface area contributed by atoms with Crippen LogP contribution in [-0.2, 0) is 11.3 Å². The Kier molecular flexibility index (Phi) is 4.95. The molecule has 1 aromatic heterocycles. The second-order valence-electron chi connectivity index (χ2n) is 3.11. The Labute approximate surface area is 97.3 Å². The minimum Gasteiger partial charge on any atom is -0.448 e. The van der Waals surface area contributed by atoms with Crippen LogP contribution in [0.15, 0.2) is 12.3 Å². The van der Waals surface area contributed by atoms with Crippen molar-refractivity contribution in [3.8, 4) is 0 Å². The smallest absolute Gasteiger partial charge is 0.407 e. The van der Waals surface area contributed by atoms with Gasteiger partial charge in [-0.3, -0.25) is 9.48 Å². The summed E-state index contributed by atoms with van der Waals surface area (Å²) < 4.78 is 6.22. The lowest BCUT2D eigenvalue weighted by Crippen LogP contribution is -2.28. The third-order valence-electron chi connectivity index (χ3n) is 1.83. The second-order valence-corrected chi connectivity index (χ2v) is 3.11. The van der Waals surface area contributed by atoms with Crippen molar-refractivity contribution >= 4 is 12.0 Å². The highest BCUT2D eigenvalue weighted by Crippen LogP contribution is 1.94. The van der Waals surface area contributed by atoms with Crippen molar-refractivity contribution in [1.29, 1.82) is 0 Å². The molecule has 94 valence electrons. The highest BCUT2D eigenvalue weighted by molar-refractivity contribution is 5.90. The van der Waals surface area contributed by atoms with Crippen molar-refractivity contribution in [1.82, 2.24) is 15.1 Å². The molecule has 0 saturated heterocycles. The van der Waals surface area contributed by atoms with Crippen molar-refractivity contribution < 1.29 is 19.4 Å². The van der Waals surface area contributed by atoms with Crippen LogP contribution in [-0.4, -0.2) is 46.6 Å². The molecule has 0 spiro atoms. The van der Waals surface area contributed by atoms with Gasteiger partial charge >= 0.3 is 6.09 Å². The van der Waals surface area contributed by atoms with Gasteiger partial charge in [0.1, 0.15) is 12.3 Å². The number of amides is 2. The molecule has 17 heavy (non-hydrogen) atoms. The van der Waals surface area contributed by atoms with E-state index in [1.807, 2.05) is 0 Å². The Morgan fingerprint density at radius 2 is 2.35 bits per heavy atom. The van der Waals surface area contributed by atoms with Gasteiger partial charge in [0.25, 0.3) is 5.91 Å². The average molecular weight is 242 g/mol. The van der Waals surface area contributed by atoms with Crippen molar-refractivity contribution in [3.63, 3.8) is 0 Å². The lowest BCUT2D eigenvalue weighted by Gasteiger charge is -2.05. The zero-order chi connectivity index (χ0) is 12.7. The number of primary amides is 1. The van der Waals surface area contributed by atoms with Gasteiger partial charge in [0, 0.05) is 12.7 Å². The zero-order valence-electron chi connectivity index (χ0n) is 9.13. The first-order valence-electron chi connectivity index (χ1n) is 4.98. The summed E-state index contributed by atoms with van der Waals surface area (Å²) in [5.74, 6) is -0.606. The third-order valence-corrected chi connectivity index (χ3v) is 1.83. The Bertz CT molecular complexity index is 390. The summed E-state index contributed by atoms with van der Waals surface area (Å²) >= 11 is 0. The quantitative estimate of drug-likeness (QED) is 0.572. The normalized spacial score (nSPS) is 9.94. The third kappa shape index (κ3) is 4.51. The molecule has 1 rings (SSSR count). The largest absolute Gasteiger partial charge is 0.448 e. The number of nitrogens with one attached hydrogen (secondary N) is 1. The van der Waals surface area contributed by atoms with Gasteiger partial charge in [0.15, 0.2) is 0 Å². The SMILES string of the molecule is NC(=O)c1ccn(CCOC(=O)NCCO)n1. The summed E-state index contributed by atoms with van der Waals surface area (Å²) in [6.07, 6.45) is 0.955. The molecule has 8 nitrogen and oxygen atoms in total. The summed E-state index contributed by atoms with van der Waals surface area (Å²) in [6, 6.07) is 1.48. The van der Waals surface area contributed by atoms with Gasteiger partial charge in [-0.25, -0.2) is 4.79 Å². The number of nitrogens with two attached hydrogens (primary N) is 1. The molecule has 1 aromatic rings. The number of aliphatic hydroxyl groups is 1.